The Labute approximate surface area is 160 Å². The molecule has 0 aromatic heterocycles. The molecule has 1 heterocycles. The second kappa shape index (κ2) is 6.75. The minimum absolute atomic E-state index is 0.0595. The van der Waals surface area contributed by atoms with Crippen LogP contribution in [0.15, 0.2) is 46.9 Å². The maximum Gasteiger partial charge on any atom is 0.162 e. The molecule has 6 nitrogen and oxygen atoms in total. The summed E-state index contributed by atoms with van der Waals surface area (Å²) in [7, 11) is 5.32. The molecule has 6 heteroatoms. The number of rotatable bonds is 3. The number of nitriles is 1. The molecule has 0 spiro atoms. The first-order chi connectivity index (χ1) is 12.7. The zero-order valence-electron chi connectivity index (χ0n) is 16.5. The van der Waals surface area contributed by atoms with Crippen LogP contribution >= 0.6 is 0 Å². The van der Waals surface area contributed by atoms with Crippen LogP contribution in [-0.2, 0) is 4.79 Å². The second-order valence-corrected chi connectivity index (χ2v) is 8.05. The van der Waals surface area contributed by atoms with E-state index < -0.39 is 5.92 Å². The van der Waals surface area contributed by atoms with Gasteiger partial charge in [-0.05, 0) is 17.9 Å². The molecular formula is C21H26N4O2. The number of hydrogen-bond donors (Lipinski definition) is 1. The summed E-state index contributed by atoms with van der Waals surface area (Å²) < 4.78 is 5.53. The lowest BCUT2D eigenvalue weighted by Crippen LogP contribution is -2.47. The fraction of sp³-hybridized carbons (Fsp3) is 0.429. The Balaban J connectivity index is 2.32. The zero-order chi connectivity index (χ0) is 19.9. The third-order valence-corrected chi connectivity index (χ3v) is 5.20. The van der Waals surface area contributed by atoms with E-state index in [4.69, 9.17) is 10.5 Å². The lowest BCUT2D eigenvalue weighted by Gasteiger charge is -2.45. The van der Waals surface area contributed by atoms with E-state index in [1.54, 1.807) is 12.1 Å². The summed E-state index contributed by atoms with van der Waals surface area (Å²) >= 11 is 0. The van der Waals surface area contributed by atoms with Crippen LogP contribution < -0.4 is 10.5 Å². The highest BCUT2D eigenvalue weighted by Gasteiger charge is 2.45. The number of para-hydroxylation sites is 1. The van der Waals surface area contributed by atoms with Crippen LogP contribution in [0, 0.1) is 16.7 Å². The zero-order valence-corrected chi connectivity index (χ0v) is 16.5. The van der Waals surface area contributed by atoms with E-state index in [-0.39, 0.29) is 11.2 Å². The van der Waals surface area contributed by atoms with Gasteiger partial charge in [0, 0.05) is 37.3 Å². The van der Waals surface area contributed by atoms with Crippen molar-refractivity contribution in [2.75, 3.05) is 21.2 Å². The number of carbonyl (C=O) groups excluding carboxylic acids is 1. The molecule has 1 aliphatic carbocycles. The van der Waals surface area contributed by atoms with Gasteiger partial charge in [-0.1, -0.05) is 32.0 Å². The standard InChI is InChI=1S/C21H26N4O2/c1-21(2)10-15-19(16(26)11-21)18(13-8-6-7-9-17(13)27-5)14(12-22)20(23)25(15)24(3)4/h6-9,18H,10-11,23H2,1-5H3/t18-/m0/s1. The second-order valence-electron chi connectivity index (χ2n) is 8.05. The fourth-order valence-electron chi connectivity index (χ4n) is 4.16. The first kappa shape index (κ1) is 19.0. The van der Waals surface area contributed by atoms with Gasteiger partial charge < -0.3 is 10.5 Å². The Morgan fingerprint density at radius 2 is 1.96 bits per heavy atom. The number of methoxy groups -OCH3 is 1. The smallest absolute Gasteiger partial charge is 0.162 e. The Hall–Kier alpha value is -2.78. The van der Waals surface area contributed by atoms with Crippen molar-refractivity contribution in [2.45, 2.75) is 32.6 Å². The molecule has 0 unspecified atom stereocenters. The van der Waals surface area contributed by atoms with E-state index in [1.807, 2.05) is 43.4 Å². The number of hydrogen-bond acceptors (Lipinski definition) is 6. The quantitative estimate of drug-likeness (QED) is 0.886. The van der Waals surface area contributed by atoms with Crippen molar-refractivity contribution >= 4 is 5.78 Å². The van der Waals surface area contributed by atoms with Crippen molar-refractivity contribution < 1.29 is 9.53 Å². The number of Topliss-reactive ketones (excluding diaryl/α,β-unsaturated/α-hetero) is 1. The van der Waals surface area contributed by atoms with Gasteiger partial charge in [0.05, 0.1) is 24.7 Å². The van der Waals surface area contributed by atoms with E-state index in [9.17, 15) is 10.1 Å². The summed E-state index contributed by atoms with van der Waals surface area (Å²) in [5.41, 5.74) is 8.97. The maximum atomic E-state index is 13.2. The van der Waals surface area contributed by atoms with Gasteiger partial charge in [0.2, 0.25) is 0 Å². The minimum Gasteiger partial charge on any atom is -0.496 e. The number of nitrogens with zero attached hydrogens (tertiary/aromatic N) is 3. The highest BCUT2D eigenvalue weighted by atomic mass is 16.5. The van der Waals surface area contributed by atoms with Crippen molar-refractivity contribution in [2.24, 2.45) is 11.1 Å². The van der Waals surface area contributed by atoms with E-state index in [0.717, 1.165) is 11.3 Å². The van der Waals surface area contributed by atoms with E-state index in [1.165, 1.54) is 0 Å². The molecule has 1 atom stereocenters. The van der Waals surface area contributed by atoms with Crippen LogP contribution in [0.2, 0.25) is 0 Å². The summed E-state index contributed by atoms with van der Waals surface area (Å²) in [6, 6.07) is 9.76. The van der Waals surface area contributed by atoms with Gasteiger partial charge in [0.1, 0.15) is 11.6 Å². The predicted octanol–water partition coefficient (Wildman–Crippen LogP) is 2.91. The fourth-order valence-corrected chi connectivity index (χ4v) is 4.16. The molecule has 0 fully saturated rings. The third kappa shape index (κ3) is 3.08. The Morgan fingerprint density at radius 1 is 1.30 bits per heavy atom. The number of benzene rings is 1. The van der Waals surface area contributed by atoms with E-state index in [0.29, 0.717) is 35.6 Å². The average molecular weight is 366 g/mol. The Kier molecular flexibility index (Phi) is 4.75. The molecule has 2 aliphatic rings. The average Bonchev–Trinajstić information content (AvgIpc) is 2.59. The first-order valence-electron chi connectivity index (χ1n) is 8.98. The van der Waals surface area contributed by atoms with Crippen LogP contribution in [0.1, 0.15) is 38.2 Å². The van der Waals surface area contributed by atoms with E-state index >= 15 is 0 Å². The molecule has 3 rings (SSSR count). The largest absolute Gasteiger partial charge is 0.496 e. The number of hydrazine groups is 1. The van der Waals surface area contributed by atoms with Gasteiger partial charge >= 0.3 is 0 Å². The number of nitrogens with two attached hydrogens (primary N) is 1. The predicted molar refractivity (Wildman–Crippen MR) is 103 cm³/mol. The van der Waals surface area contributed by atoms with Gasteiger partial charge in [-0.3, -0.25) is 9.80 Å². The third-order valence-electron chi connectivity index (χ3n) is 5.20. The van der Waals surface area contributed by atoms with Crippen LogP contribution in [0.25, 0.3) is 0 Å². The lowest BCUT2D eigenvalue weighted by molar-refractivity contribution is -0.119. The molecule has 27 heavy (non-hydrogen) atoms. The number of carbonyl (C=O) groups is 1. The normalized spacial score (nSPS) is 22.0. The molecule has 1 aromatic rings. The molecule has 142 valence electrons. The lowest BCUT2D eigenvalue weighted by atomic mass is 9.69. The highest BCUT2D eigenvalue weighted by molar-refractivity contribution is 6.00. The number of ketones is 1. The van der Waals surface area contributed by atoms with Gasteiger partial charge in [-0.25, -0.2) is 5.01 Å². The Bertz CT molecular complexity index is 890. The van der Waals surface area contributed by atoms with Crippen molar-refractivity contribution in [3.05, 3.63) is 52.5 Å². The topological polar surface area (TPSA) is 82.6 Å². The van der Waals surface area contributed by atoms with Gasteiger partial charge in [0.25, 0.3) is 0 Å². The summed E-state index contributed by atoms with van der Waals surface area (Å²) in [6.45, 7) is 4.17. The number of ether oxygens (including phenoxy) is 1. The molecule has 0 radical (unpaired) electrons. The molecule has 0 saturated carbocycles. The summed E-state index contributed by atoms with van der Waals surface area (Å²) in [4.78, 5) is 13.2. The molecule has 1 aromatic carbocycles. The van der Waals surface area contributed by atoms with Gasteiger partial charge in [-0.2, -0.15) is 5.26 Å². The van der Waals surface area contributed by atoms with Crippen LogP contribution in [0.4, 0.5) is 0 Å². The monoisotopic (exact) mass is 366 g/mol. The number of allylic oxidation sites excluding steroid dienone is 3. The molecule has 0 bridgehead atoms. The summed E-state index contributed by atoms with van der Waals surface area (Å²) in [6.07, 6.45) is 1.15. The molecule has 0 amide bonds. The minimum atomic E-state index is -0.513. The first-order valence-corrected chi connectivity index (χ1v) is 8.98. The van der Waals surface area contributed by atoms with Crippen molar-refractivity contribution in [1.29, 1.82) is 5.26 Å². The molecular weight excluding hydrogens is 340 g/mol. The van der Waals surface area contributed by atoms with Crippen molar-refractivity contribution in [1.82, 2.24) is 10.0 Å². The van der Waals surface area contributed by atoms with Crippen LogP contribution in [-0.4, -0.2) is 37.0 Å². The van der Waals surface area contributed by atoms with Crippen molar-refractivity contribution in [3.63, 3.8) is 0 Å². The van der Waals surface area contributed by atoms with Crippen LogP contribution in [0.3, 0.4) is 0 Å². The molecule has 1 aliphatic heterocycles. The molecule has 0 saturated heterocycles. The maximum absolute atomic E-state index is 13.2. The summed E-state index contributed by atoms with van der Waals surface area (Å²) in [5, 5.41) is 13.6. The SMILES string of the molecule is COc1ccccc1[C@H]1C(C#N)=C(N)N(N(C)C)C2=C1C(=O)CC(C)(C)C2. The van der Waals surface area contributed by atoms with Crippen molar-refractivity contribution in [3.8, 4) is 11.8 Å². The van der Waals surface area contributed by atoms with Gasteiger partial charge in [-0.15, -0.1) is 0 Å². The molecule has 2 N–H and O–H groups in total. The van der Waals surface area contributed by atoms with Gasteiger partial charge in [0.15, 0.2) is 5.78 Å². The summed E-state index contributed by atoms with van der Waals surface area (Å²) in [5.74, 6) is 0.554. The highest BCUT2D eigenvalue weighted by Crippen LogP contribution is 2.50. The Morgan fingerprint density at radius 3 is 2.56 bits per heavy atom. The van der Waals surface area contributed by atoms with Crippen LogP contribution in [0.5, 0.6) is 5.75 Å². The van der Waals surface area contributed by atoms with E-state index in [2.05, 4.69) is 19.9 Å².